The molecule has 1 unspecified atom stereocenters. The summed E-state index contributed by atoms with van der Waals surface area (Å²) in [5.74, 6) is 0. The van der Waals surface area contributed by atoms with E-state index in [1.807, 2.05) is 97.9 Å². The number of oxime groups is 1. The molecule has 3 aromatic carbocycles. The third-order valence-corrected chi connectivity index (χ3v) is 3.67. The predicted octanol–water partition coefficient (Wildman–Crippen LogP) is 5.22. The van der Waals surface area contributed by atoms with Crippen LogP contribution in [0.25, 0.3) is 0 Å². The van der Waals surface area contributed by atoms with Crippen LogP contribution in [0.2, 0.25) is 0 Å². The zero-order chi connectivity index (χ0) is 15.9. The van der Waals surface area contributed by atoms with Crippen molar-refractivity contribution in [2.45, 2.75) is 13.0 Å². The van der Waals surface area contributed by atoms with Crippen LogP contribution < -0.4 is 0 Å². The van der Waals surface area contributed by atoms with Gasteiger partial charge in [-0.05, 0) is 12.5 Å². The molecule has 0 aliphatic heterocycles. The quantitative estimate of drug-likeness (QED) is 0.468. The molecule has 0 aliphatic carbocycles. The summed E-state index contributed by atoms with van der Waals surface area (Å²) >= 11 is 0. The van der Waals surface area contributed by atoms with Crippen LogP contribution >= 0.6 is 0 Å². The molecule has 0 aliphatic rings. The zero-order valence-electron chi connectivity index (χ0n) is 13.1. The van der Waals surface area contributed by atoms with Crippen molar-refractivity contribution < 1.29 is 4.84 Å². The van der Waals surface area contributed by atoms with E-state index in [4.69, 9.17) is 4.84 Å². The Bertz CT molecular complexity index is 710. The lowest BCUT2D eigenvalue weighted by Gasteiger charge is -2.12. The van der Waals surface area contributed by atoms with E-state index in [1.165, 1.54) is 0 Å². The fraction of sp³-hybridized carbons (Fsp3) is 0.0952. The molecule has 0 aromatic heterocycles. The molecule has 0 saturated carbocycles. The summed E-state index contributed by atoms with van der Waals surface area (Å²) in [5.41, 5.74) is 4.03. The van der Waals surface area contributed by atoms with Crippen LogP contribution in [-0.2, 0) is 4.84 Å². The average Bonchev–Trinajstić information content (AvgIpc) is 2.64. The first-order valence-electron chi connectivity index (χ1n) is 7.74. The lowest BCUT2D eigenvalue weighted by molar-refractivity contribution is 0.0726. The van der Waals surface area contributed by atoms with Gasteiger partial charge >= 0.3 is 0 Å². The van der Waals surface area contributed by atoms with E-state index in [0.717, 1.165) is 22.4 Å². The zero-order valence-corrected chi connectivity index (χ0v) is 13.1. The second-order valence-corrected chi connectivity index (χ2v) is 5.33. The van der Waals surface area contributed by atoms with Gasteiger partial charge in [0.1, 0.15) is 11.8 Å². The Morgan fingerprint density at radius 1 is 0.696 bits per heavy atom. The van der Waals surface area contributed by atoms with E-state index in [9.17, 15) is 0 Å². The van der Waals surface area contributed by atoms with Crippen molar-refractivity contribution in [1.82, 2.24) is 0 Å². The van der Waals surface area contributed by atoms with Crippen LogP contribution in [0.3, 0.4) is 0 Å². The molecule has 0 heterocycles. The van der Waals surface area contributed by atoms with Crippen molar-refractivity contribution in [2.75, 3.05) is 0 Å². The Kier molecular flexibility index (Phi) is 4.85. The Balaban J connectivity index is 1.90. The summed E-state index contributed by atoms with van der Waals surface area (Å²) in [4.78, 5) is 5.79. The molecule has 114 valence electrons. The van der Waals surface area contributed by atoms with Crippen molar-refractivity contribution in [1.29, 1.82) is 0 Å². The molecule has 0 radical (unpaired) electrons. The van der Waals surface area contributed by atoms with Crippen LogP contribution in [0.5, 0.6) is 0 Å². The fourth-order valence-electron chi connectivity index (χ4n) is 2.38. The van der Waals surface area contributed by atoms with E-state index in [-0.39, 0.29) is 6.10 Å². The first-order valence-corrected chi connectivity index (χ1v) is 7.74. The van der Waals surface area contributed by atoms with Crippen LogP contribution in [0.15, 0.2) is 96.2 Å². The monoisotopic (exact) mass is 301 g/mol. The van der Waals surface area contributed by atoms with Gasteiger partial charge in [-0.2, -0.15) is 0 Å². The van der Waals surface area contributed by atoms with E-state index in [0.29, 0.717) is 0 Å². The summed E-state index contributed by atoms with van der Waals surface area (Å²) in [6, 6.07) is 30.3. The van der Waals surface area contributed by atoms with Gasteiger partial charge in [0, 0.05) is 11.1 Å². The third-order valence-electron chi connectivity index (χ3n) is 3.67. The highest BCUT2D eigenvalue weighted by Gasteiger charge is 2.10. The van der Waals surface area contributed by atoms with Crippen molar-refractivity contribution >= 4 is 5.71 Å². The predicted molar refractivity (Wildman–Crippen MR) is 94.5 cm³/mol. The molecular weight excluding hydrogens is 282 g/mol. The van der Waals surface area contributed by atoms with Gasteiger partial charge in [-0.15, -0.1) is 0 Å². The molecule has 3 aromatic rings. The van der Waals surface area contributed by atoms with E-state index in [1.54, 1.807) is 0 Å². The van der Waals surface area contributed by atoms with Crippen LogP contribution in [0, 0.1) is 0 Å². The van der Waals surface area contributed by atoms with Gasteiger partial charge in [-0.1, -0.05) is 96.2 Å². The van der Waals surface area contributed by atoms with Gasteiger partial charge in [-0.3, -0.25) is 0 Å². The normalized spacial score (nSPS) is 11.5. The van der Waals surface area contributed by atoms with Gasteiger partial charge in [0.15, 0.2) is 0 Å². The number of hydrogen-bond donors (Lipinski definition) is 0. The minimum atomic E-state index is -0.0985. The first kappa shape index (κ1) is 15.0. The molecule has 0 N–H and O–H groups in total. The molecule has 3 rings (SSSR count). The maximum Gasteiger partial charge on any atom is 0.149 e. The number of benzene rings is 3. The highest BCUT2D eigenvalue weighted by atomic mass is 16.6. The lowest BCUT2D eigenvalue weighted by Crippen LogP contribution is -2.05. The van der Waals surface area contributed by atoms with Gasteiger partial charge in [-0.25, -0.2) is 0 Å². The topological polar surface area (TPSA) is 21.6 Å². The molecule has 0 bridgehead atoms. The molecule has 2 heteroatoms. The van der Waals surface area contributed by atoms with Gasteiger partial charge in [0.2, 0.25) is 0 Å². The van der Waals surface area contributed by atoms with Crippen molar-refractivity contribution in [2.24, 2.45) is 5.16 Å². The third kappa shape index (κ3) is 3.86. The molecule has 0 saturated heterocycles. The summed E-state index contributed by atoms with van der Waals surface area (Å²) in [5, 5.41) is 4.46. The fourth-order valence-corrected chi connectivity index (χ4v) is 2.38. The molecule has 0 spiro atoms. The van der Waals surface area contributed by atoms with Crippen LogP contribution in [0.1, 0.15) is 29.7 Å². The van der Waals surface area contributed by atoms with Crippen molar-refractivity contribution in [3.8, 4) is 0 Å². The number of rotatable bonds is 5. The van der Waals surface area contributed by atoms with E-state index < -0.39 is 0 Å². The van der Waals surface area contributed by atoms with Gasteiger partial charge in [0.05, 0.1) is 0 Å². The smallest absolute Gasteiger partial charge is 0.149 e. The van der Waals surface area contributed by atoms with E-state index in [2.05, 4.69) is 5.16 Å². The first-order chi connectivity index (χ1) is 11.3. The highest BCUT2D eigenvalue weighted by Crippen LogP contribution is 2.18. The molecule has 0 fully saturated rings. The molecule has 2 nitrogen and oxygen atoms in total. The lowest BCUT2D eigenvalue weighted by atomic mass is 10.0. The largest absolute Gasteiger partial charge is 0.387 e. The molecule has 23 heavy (non-hydrogen) atoms. The van der Waals surface area contributed by atoms with E-state index >= 15 is 0 Å². The summed E-state index contributed by atoms with van der Waals surface area (Å²) < 4.78 is 0. The molecule has 1 atom stereocenters. The Hall–Kier alpha value is -2.87. The Morgan fingerprint density at radius 2 is 1.13 bits per heavy atom. The van der Waals surface area contributed by atoms with Gasteiger partial charge in [0.25, 0.3) is 0 Å². The average molecular weight is 301 g/mol. The van der Waals surface area contributed by atoms with Crippen LogP contribution in [0.4, 0.5) is 0 Å². The summed E-state index contributed by atoms with van der Waals surface area (Å²) in [7, 11) is 0. The maximum atomic E-state index is 5.79. The highest BCUT2D eigenvalue weighted by molar-refractivity contribution is 6.12. The second kappa shape index (κ2) is 7.41. The second-order valence-electron chi connectivity index (χ2n) is 5.33. The van der Waals surface area contributed by atoms with Gasteiger partial charge < -0.3 is 4.84 Å². The standard InChI is InChI=1S/C21H19NO/c1-17(18-11-5-2-6-12-18)23-22-21(19-13-7-3-8-14-19)20-15-9-4-10-16-20/h2-17H,1H3. The summed E-state index contributed by atoms with van der Waals surface area (Å²) in [6.45, 7) is 2.01. The SMILES string of the molecule is CC(ON=C(c1ccccc1)c1ccccc1)c1ccccc1. The van der Waals surface area contributed by atoms with Crippen LogP contribution in [-0.4, -0.2) is 5.71 Å². The Morgan fingerprint density at radius 3 is 1.61 bits per heavy atom. The number of hydrogen-bond acceptors (Lipinski definition) is 2. The Labute approximate surface area is 137 Å². The minimum absolute atomic E-state index is 0.0985. The van der Waals surface area contributed by atoms with Crippen molar-refractivity contribution in [3.63, 3.8) is 0 Å². The number of nitrogens with zero attached hydrogens (tertiary/aromatic N) is 1. The summed E-state index contributed by atoms with van der Waals surface area (Å²) in [6.07, 6.45) is -0.0985. The maximum absolute atomic E-state index is 5.79. The molecule has 0 amide bonds. The minimum Gasteiger partial charge on any atom is -0.387 e. The van der Waals surface area contributed by atoms with Crippen molar-refractivity contribution in [3.05, 3.63) is 108 Å². The molecular formula is C21H19NO.